The largest absolute Gasteiger partial charge is 0.356 e. The molecule has 1 aromatic rings. The van der Waals surface area contributed by atoms with Gasteiger partial charge >= 0.3 is 0 Å². The van der Waals surface area contributed by atoms with Crippen molar-refractivity contribution in [3.63, 3.8) is 0 Å². The Labute approximate surface area is 121 Å². The van der Waals surface area contributed by atoms with Gasteiger partial charge < -0.3 is 5.32 Å². The summed E-state index contributed by atoms with van der Waals surface area (Å²) in [4.78, 5) is 11.8. The molecule has 0 heterocycles. The van der Waals surface area contributed by atoms with Crippen LogP contribution in [0.25, 0.3) is 0 Å². The van der Waals surface area contributed by atoms with Crippen LogP contribution in [0.1, 0.15) is 24.3 Å². The molecule has 1 saturated carbocycles. The molecule has 8 heteroatoms. The maximum absolute atomic E-state index is 13.6. The quantitative estimate of drug-likeness (QED) is 0.763. The Balaban J connectivity index is 1.84. The molecule has 0 aliphatic heterocycles. The number of carbonyl (C=O) groups excluding carboxylic acids is 1. The number of carbonyl (C=O) groups is 1. The lowest BCUT2D eigenvalue weighted by Gasteiger charge is -2.06. The van der Waals surface area contributed by atoms with Gasteiger partial charge in [0.15, 0.2) is 0 Å². The third-order valence-corrected chi connectivity index (χ3v) is 4.26. The van der Waals surface area contributed by atoms with Gasteiger partial charge in [-0.15, -0.1) is 0 Å². The minimum Gasteiger partial charge on any atom is -0.356 e. The Morgan fingerprint density at radius 2 is 1.95 bits per heavy atom. The van der Waals surface area contributed by atoms with Crippen molar-refractivity contribution in [3.05, 3.63) is 35.4 Å². The van der Waals surface area contributed by atoms with Crippen LogP contribution in [-0.2, 0) is 14.8 Å². The van der Waals surface area contributed by atoms with E-state index in [4.69, 9.17) is 5.14 Å². The predicted molar refractivity (Wildman–Crippen MR) is 72.8 cm³/mol. The van der Waals surface area contributed by atoms with E-state index in [2.05, 4.69) is 5.32 Å². The van der Waals surface area contributed by atoms with Crippen LogP contribution in [0.3, 0.4) is 0 Å². The van der Waals surface area contributed by atoms with Crippen LogP contribution < -0.4 is 10.5 Å². The smallest absolute Gasteiger partial charge is 0.223 e. The molecule has 0 unspecified atom stereocenters. The number of hydrogen-bond acceptors (Lipinski definition) is 3. The van der Waals surface area contributed by atoms with Crippen LogP contribution in [0.5, 0.6) is 0 Å². The molecule has 0 radical (unpaired) electrons. The number of amides is 1. The van der Waals surface area contributed by atoms with Gasteiger partial charge in [0.05, 0.1) is 5.75 Å². The molecule has 0 spiro atoms. The maximum Gasteiger partial charge on any atom is 0.223 e. The SMILES string of the molecule is NS(=O)(=O)CCCNC(=O)[C@@H]1C[C@@H]1c1c(F)cccc1F. The second-order valence-corrected chi connectivity index (χ2v) is 6.83. The Morgan fingerprint density at radius 3 is 2.52 bits per heavy atom. The Morgan fingerprint density at radius 1 is 1.33 bits per heavy atom. The second-order valence-electron chi connectivity index (χ2n) is 5.10. The molecular formula is C13H16F2N2O3S. The zero-order valence-electron chi connectivity index (χ0n) is 11.2. The van der Waals surface area contributed by atoms with Crippen LogP contribution in [0.4, 0.5) is 8.78 Å². The van der Waals surface area contributed by atoms with Crippen LogP contribution in [-0.4, -0.2) is 26.6 Å². The van der Waals surface area contributed by atoms with Crippen molar-refractivity contribution in [3.8, 4) is 0 Å². The maximum atomic E-state index is 13.6. The summed E-state index contributed by atoms with van der Waals surface area (Å²) in [6.07, 6.45) is 0.592. The number of benzene rings is 1. The molecule has 0 saturated heterocycles. The number of nitrogens with one attached hydrogen (secondary N) is 1. The standard InChI is InChI=1S/C13H16F2N2O3S/c14-10-3-1-4-11(15)12(10)8-7-9(8)13(18)17-5-2-6-21(16,19)20/h1,3-4,8-9H,2,5-7H2,(H,17,18)(H2,16,19,20)/t8-,9+/m0/s1. The predicted octanol–water partition coefficient (Wildman–Crippen LogP) is 0.863. The molecule has 1 amide bonds. The minimum atomic E-state index is -3.54. The van der Waals surface area contributed by atoms with E-state index in [9.17, 15) is 22.0 Å². The van der Waals surface area contributed by atoms with Gasteiger partial charge in [-0.25, -0.2) is 22.3 Å². The Kier molecular flexibility index (Phi) is 4.58. The zero-order chi connectivity index (χ0) is 15.6. The Hall–Kier alpha value is -1.54. The summed E-state index contributed by atoms with van der Waals surface area (Å²) >= 11 is 0. The van der Waals surface area contributed by atoms with Crippen LogP contribution in [0.2, 0.25) is 0 Å². The summed E-state index contributed by atoms with van der Waals surface area (Å²) < 4.78 is 48.6. The van der Waals surface area contributed by atoms with Gasteiger partial charge in [-0.1, -0.05) is 6.07 Å². The number of nitrogens with two attached hydrogens (primary N) is 1. The van der Waals surface area contributed by atoms with Crippen molar-refractivity contribution in [2.75, 3.05) is 12.3 Å². The van der Waals surface area contributed by atoms with Gasteiger partial charge in [0, 0.05) is 23.9 Å². The lowest BCUT2D eigenvalue weighted by Crippen LogP contribution is -2.28. The first kappa shape index (κ1) is 15.8. The van der Waals surface area contributed by atoms with E-state index in [0.717, 1.165) is 12.1 Å². The molecule has 1 fully saturated rings. The Bertz CT molecular complexity index is 629. The average molecular weight is 318 g/mol. The van der Waals surface area contributed by atoms with Gasteiger partial charge in [0.25, 0.3) is 0 Å². The van der Waals surface area contributed by atoms with Crippen molar-refractivity contribution >= 4 is 15.9 Å². The number of primary sulfonamides is 1. The van der Waals surface area contributed by atoms with E-state index in [1.165, 1.54) is 6.07 Å². The van der Waals surface area contributed by atoms with Crippen LogP contribution in [0.15, 0.2) is 18.2 Å². The molecule has 5 nitrogen and oxygen atoms in total. The molecule has 21 heavy (non-hydrogen) atoms. The van der Waals surface area contributed by atoms with Gasteiger partial charge in [0.2, 0.25) is 15.9 Å². The lowest BCUT2D eigenvalue weighted by atomic mass is 10.1. The van der Waals surface area contributed by atoms with Crippen LogP contribution in [0, 0.1) is 17.6 Å². The highest BCUT2D eigenvalue weighted by atomic mass is 32.2. The normalized spacial score (nSPS) is 21.1. The summed E-state index contributed by atoms with van der Waals surface area (Å²) in [7, 11) is -3.54. The number of rotatable bonds is 6. The first-order chi connectivity index (χ1) is 9.79. The second kappa shape index (κ2) is 6.07. The van der Waals surface area contributed by atoms with E-state index in [0.29, 0.717) is 6.42 Å². The molecular weight excluding hydrogens is 302 g/mol. The van der Waals surface area contributed by atoms with Crippen molar-refractivity contribution in [1.82, 2.24) is 5.32 Å². The fraction of sp³-hybridized carbons (Fsp3) is 0.462. The highest BCUT2D eigenvalue weighted by Crippen LogP contribution is 2.49. The van der Waals surface area contributed by atoms with Gasteiger partial charge in [-0.3, -0.25) is 4.79 Å². The summed E-state index contributed by atoms with van der Waals surface area (Å²) in [6.45, 7) is 0.165. The van der Waals surface area contributed by atoms with Gasteiger partial charge in [-0.05, 0) is 25.0 Å². The van der Waals surface area contributed by atoms with Crippen molar-refractivity contribution in [2.45, 2.75) is 18.8 Å². The molecule has 2 atom stereocenters. The third-order valence-electron chi connectivity index (χ3n) is 3.40. The molecule has 116 valence electrons. The van der Waals surface area contributed by atoms with E-state index < -0.39 is 33.5 Å². The third kappa shape index (κ3) is 4.21. The molecule has 3 N–H and O–H groups in total. The fourth-order valence-electron chi connectivity index (χ4n) is 2.28. The molecule has 1 aliphatic carbocycles. The lowest BCUT2D eigenvalue weighted by molar-refractivity contribution is -0.122. The van der Waals surface area contributed by atoms with Crippen molar-refractivity contribution < 1.29 is 22.0 Å². The van der Waals surface area contributed by atoms with Gasteiger partial charge in [0.1, 0.15) is 11.6 Å². The number of hydrogen-bond donors (Lipinski definition) is 2. The topological polar surface area (TPSA) is 89.3 Å². The highest BCUT2D eigenvalue weighted by molar-refractivity contribution is 7.89. The van der Waals surface area contributed by atoms with E-state index in [1.54, 1.807) is 0 Å². The summed E-state index contributed by atoms with van der Waals surface area (Å²) in [6, 6.07) is 3.61. The van der Waals surface area contributed by atoms with E-state index >= 15 is 0 Å². The minimum absolute atomic E-state index is 0.0535. The van der Waals surface area contributed by atoms with Crippen molar-refractivity contribution in [2.24, 2.45) is 11.1 Å². The highest BCUT2D eigenvalue weighted by Gasteiger charge is 2.46. The van der Waals surface area contributed by atoms with Crippen LogP contribution >= 0.6 is 0 Å². The molecule has 1 aromatic carbocycles. The first-order valence-electron chi connectivity index (χ1n) is 6.51. The zero-order valence-corrected chi connectivity index (χ0v) is 12.0. The average Bonchev–Trinajstić information content (AvgIpc) is 3.13. The molecule has 0 bridgehead atoms. The number of sulfonamides is 1. The molecule has 2 rings (SSSR count). The molecule has 1 aliphatic rings. The monoisotopic (exact) mass is 318 g/mol. The first-order valence-corrected chi connectivity index (χ1v) is 8.23. The molecule has 0 aromatic heterocycles. The summed E-state index contributed by atoms with van der Waals surface area (Å²) in [5.74, 6) is -2.76. The van der Waals surface area contributed by atoms with E-state index in [-0.39, 0.29) is 30.2 Å². The van der Waals surface area contributed by atoms with Crippen molar-refractivity contribution in [1.29, 1.82) is 0 Å². The van der Waals surface area contributed by atoms with Gasteiger partial charge in [-0.2, -0.15) is 0 Å². The van der Waals surface area contributed by atoms with E-state index in [1.807, 2.05) is 0 Å². The summed E-state index contributed by atoms with van der Waals surface area (Å²) in [5.41, 5.74) is -0.0535. The fourth-order valence-corrected chi connectivity index (χ4v) is 2.83. The number of halogens is 2. The summed E-state index contributed by atoms with van der Waals surface area (Å²) in [5, 5.41) is 7.38.